The molecule has 12 heteroatoms. The Morgan fingerprint density at radius 3 is 2.69 bits per heavy atom. The molecule has 2 bridgehead atoms. The number of hydrogen-bond acceptors (Lipinski definition) is 9. The van der Waals surface area contributed by atoms with Crippen molar-refractivity contribution in [3.8, 4) is 5.69 Å². The first kappa shape index (κ1) is 23.2. The minimum atomic E-state index is -3.66. The number of fused-ring (bicyclic) bond motifs is 3. The summed E-state index contributed by atoms with van der Waals surface area (Å²) in [5.41, 5.74) is 4.52. The predicted octanol–water partition coefficient (Wildman–Crippen LogP) is 1.13. The minimum Gasteiger partial charge on any atom is -0.457 e. The van der Waals surface area contributed by atoms with Gasteiger partial charge < -0.3 is 9.84 Å². The van der Waals surface area contributed by atoms with Gasteiger partial charge in [-0.3, -0.25) is 4.90 Å². The Morgan fingerprint density at radius 2 is 2.00 bits per heavy atom. The number of aliphatic hydroxyl groups is 1. The second kappa shape index (κ2) is 8.44. The quantitative estimate of drug-likeness (QED) is 0.485. The van der Waals surface area contributed by atoms with Crippen molar-refractivity contribution < 1.29 is 23.1 Å². The van der Waals surface area contributed by atoms with E-state index in [9.17, 15) is 18.3 Å². The average molecular weight is 511 g/mol. The van der Waals surface area contributed by atoms with E-state index in [1.54, 1.807) is 34.6 Å². The molecule has 0 saturated carbocycles. The maximum Gasteiger partial charge on any atom is 0.338 e. The molecule has 188 valence electrons. The Morgan fingerprint density at radius 1 is 1.17 bits per heavy atom. The number of piperazine rings is 1. The number of aromatic nitrogens is 4. The van der Waals surface area contributed by atoms with E-state index in [1.807, 2.05) is 13.8 Å². The Balaban J connectivity index is 1.16. The molecule has 2 saturated heterocycles. The molecular weight excluding hydrogens is 484 g/mol. The predicted molar refractivity (Wildman–Crippen MR) is 127 cm³/mol. The molecule has 1 N–H and O–H groups in total. The zero-order valence-electron chi connectivity index (χ0n) is 19.9. The van der Waals surface area contributed by atoms with Gasteiger partial charge in [-0.05, 0) is 71.7 Å². The van der Waals surface area contributed by atoms with Crippen LogP contribution in [0.1, 0.15) is 45.1 Å². The molecule has 6 rings (SSSR count). The lowest BCUT2D eigenvalue weighted by molar-refractivity contribution is 0.0535. The Labute approximate surface area is 208 Å². The van der Waals surface area contributed by atoms with Gasteiger partial charge in [0.2, 0.25) is 10.0 Å². The highest BCUT2D eigenvalue weighted by Crippen LogP contribution is 2.37. The number of carbonyl (C=O) groups is 1. The van der Waals surface area contributed by atoms with Gasteiger partial charge in [0, 0.05) is 37.3 Å². The largest absolute Gasteiger partial charge is 0.457 e. The van der Waals surface area contributed by atoms with Gasteiger partial charge in [0.25, 0.3) is 0 Å². The third-order valence-corrected chi connectivity index (χ3v) is 9.56. The maximum atomic E-state index is 13.5. The van der Waals surface area contributed by atoms with Crippen LogP contribution < -0.4 is 0 Å². The number of ether oxygens (including phenoxy) is 1. The van der Waals surface area contributed by atoms with Crippen molar-refractivity contribution in [2.45, 2.75) is 50.0 Å². The van der Waals surface area contributed by atoms with Crippen molar-refractivity contribution >= 4 is 16.0 Å². The number of sulfonamides is 1. The summed E-state index contributed by atoms with van der Waals surface area (Å²) in [6, 6.07) is 8.38. The van der Waals surface area contributed by atoms with Crippen LogP contribution in [-0.2, 0) is 21.4 Å². The number of likely N-dealkylation sites (tertiary alicyclic amines) is 1. The van der Waals surface area contributed by atoms with Gasteiger partial charge in [-0.1, -0.05) is 6.07 Å². The zero-order valence-corrected chi connectivity index (χ0v) is 20.7. The second-order valence-electron chi connectivity index (χ2n) is 9.67. The number of nitrogens with zero attached hydrogens (tertiary/aromatic N) is 6. The molecule has 3 aliphatic rings. The van der Waals surface area contributed by atoms with E-state index in [-0.39, 0.29) is 29.6 Å². The molecule has 2 aromatic carbocycles. The fourth-order valence-electron chi connectivity index (χ4n) is 5.73. The maximum absolute atomic E-state index is 13.5. The Hall–Kier alpha value is -3.19. The standard InChI is InChI=1S/C24H26N6O5S/c1-14-7-18(3-6-22(14)29-13-25-26-27-29)36(33,34)30-10-16-8-17(30)9-28(16)11-23(31)19-4-5-20-21(15(19)2)12-35-24(20)32/h3-7,13,16-17,23,31H,8-12H2,1-2H3/t16-,17-,23-/m0/s1. The highest BCUT2D eigenvalue weighted by molar-refractivity contribution is 7.89. The first-order valence-electron chi connectivity index (χ1n) is 11.8. The lowest BCUT2D eigenvalue weighted by Crippen LogP contribution is -2.49. The van der Waals surface area contributed by atoms with Crippen LogP contribution in [0.25, 0.3) is 5.69 Å². The molecular formula is C24H26N6O5S. The molecule has 0 unspecified atom stereocenters. The monoisotopic (exact) mass is 510 g/mol. The van der Waals surface area contributed by atoms with Crippen molar-refractivity contribution in [1.29, 1.82) is 0 Å². The van der Waals surface area contributed by atoms with Gasteiger partial charge >= 0.3 is 5.97 Å². The number of rotatable bonds is 6. The molecule has 3 aromatic rings. The topological polar surface area (TPSA) is 131 Å². The van der Waals surface area contributed by atoms with Crippen molar-refractivity contribution in [2.75, 3.05) is 19.6 Å². The van der Waals surface area contributed by atoms with Crippen molar-refractivity contribution in [3.05, 3.63) is 64.5 Å². The molecule has 2 fully saturated rings. The number of tetrazole rings is 1. The summed E-state index contributed by atoms with van der Waals surface area (Å²) in [7, 11) is -3.66. The minimum absolute atomic E-state index is 0.0423. The van der Waals surface area contributed by atoms with E-state index in [4.69, 9.17) is 4.74 Å². The summed E-state index contributed by atoms with van der Waals surface area (Å²) in [5.74, 6) is -0.326. The van der Waals surface area contributed by atoms with E-state index in [1.165, 1.54) is 11.0 Å². The first-order chi connectivity index (χ1) is 17.2. The van der Waals surface area contributed by atoms with Gasteiger partial charge in [-0.2, -0.15) is 4.31 Å². The van der Waals surface area contributed by atoms with Crippen molar-refractivity contribution in [1.82, 2.24) is 29.4 Å². The Bertz CT molecular complexity index is 1460. The third-order valence-electron chi connectivity index (χ3n) is 7.65. The third kappa shape index (κ3) is 3.63. The van der Waals surface area contributed by atoms with Crippen molar-refractivity contribution in [2.24, 2.45) is 0 Å². The molecule has 0 aliphatic carbocycles. The normalized spacial score (nSPS) is 22.7. The number of hydrogen-bond donors (Lipinski definition) is 1. The SMILES string of the molecule is Cc1cc(S(=O)(=O)N2C[C@@H]3C[C@H]2CN3C[C@H](O)c2ccc3c(c2C)COC3=O)ccc1-n1cnnn1. The average Bonchev–Trinajstić information content (AvgIpc) is 3.64. The number of carbonyl (C=O) groups excluding carboxylic acids is 1. The number of cyclic esters (lactones) is 1. The van der Waals surface area contributed by atoms with Crippen LogP contribution in [0.15, 0.2) is 41.6 Å². The van der Waals surface area contributed by atoms with Crippen molar-refractivity contribution in [3.63, 3.8) is 0 Å². The van der Waals surface area contributed by atoms with Gasteiger partial charge in [-0.15, -0.1) is 5.10 Å². The smallest absolute Gasteiger partial charge is 0.338 e. The van der Waals surface area contributed by atoms with E-state index in [2.05, 4.69) is 20.4 Å². The van der Waals surface area contributed by atoms with Gasteiger partial charge in [0.05, 0.1) is 22.3 Å². The lowest BCUT2D eigenvalue weighted by Gasteiger charge is -2.34. The van der Waals surface area contributed by atoms with Gasteiger partial charge in [-0.25, -0.2) is 17.9 Å². The summed E-state index contributed by atoms with van der Waals surface area (Å²) in [6.07, 6.45) is 1.47. The summed E-state index contributed by atoms with van der Waals surface area (Å²) < 4.78 is 35.2. The number of esters is 1. The van der Waals surface area contributed by atoms with Gasteiger partial charge in [0.1, 0.15) is 12.9 Å². The lowest BCUT2D eigenvalue weighted by atomic mass is 9.95. The molecule has 36 heavy (non-hydrogen) atoms. The van der Waals surface area contributed by atoms with E-state index >= 15 is 0 Å². The van der Waals surface area contributed by atoms with E-state index < -0.39 is 16.1 Å². The highest BCUT2D eigenvalue weighted by atomic mass is 32.2. The van der Waals surface area contributed by atoms with Crippen LogP contribution in [0.5, 0.6) is 0 Å². The van der Waals surface area contributed by atoms with Gasteiger partial charge in [0.15, 0.2) is 0 Å². The van der Waals surface area contributed by atoms with Crippen LogP contribution >= 0.6 is 0 Å². The molecule has 0 radical (unpaired) electrons. The summed E-state index contributed by atoms with van der Waals surface area (Å²) in [6.45, 7) is 5.32. The molecule has 1 aromatic heterocycles. The summed E-state index contributed by atoms with van der Waals surface area (Å²) in [5, 5.41) is 22.2. The number of aryl methyl sites for hydroxylation is 1. The molecule has 3 aliphatic heterocycles. The molecule has 3 atom stereocenters. The van der Waals surface area contributed by atoms with Crippen LogP contribution in [-0.4, -0.2) is 80.6 Å². The Kier molecular flexibility index (Phi) is 5.45. The molecule has 0 amide bonds. The number of aliphatic hydroxyl groups excluding tert-OH is 1. The van der Waals surface area contributed by atoms with E-state index in [0.717, 1.165) is 34.4 Å². The molecule has 0 spiro atoms. The highest BCUT2D eigenvalue weighted by Gasteiger charge is 2.48. The summed E-state index contributed by atoms with van der Waals surface area (Å²) in [4.78, 5) is 14.2. The fourth-order valence-corrected chi connectivity index (χ4v) is 7.48. The van der Waals surface area contributed by atoms with E-state index in [0.29, 0.717) is 25.2 Å². The molecule has 4 heterocycles. The fraction of sp³-hybridized carbons (Fsp3) is 0.417. The van der Waals surface area contributed by atoms with Crippen LogP contribution in [0.2, 0.25) is 0 Å². The zero-order chi connectivity index (χ0) is 25.2. The number of benzene rings is 2. The first-order valence-corrected chi connectivity index (χ1v) is 13.3. The number of β-amino-alcohol motifs (C(OH)–C–C–N with tert-alkyl or cyclic N) is 1. The summed E-state index contributed by atoms with van der Waals surface area (Å²) >= 11 is 0. The van der Waals surface area contributed by atoms with Crippen LogP contribution in [0.4, 0.5) is 0 Å². The molecule has 11 nitrogen and oxygen atoms in total. The second-order valence-corrected chi connectivity index (χ2v) is 11.6. The van der Waals surface area contributed by atoms with Crippen LogP contribution in [0.3, 0.4) is 0 Å². The van der Waals surface area contributed by atoms with Crippen LogP contribution in [0, 0.1) is 13.8 Å².